The van der Waals surface area contributed by atoms with Crippen molar-refractivity contribution in [2.24, 2.45) is 15.9 Å². The van der Waals surface area contributed by atoms with E-state index in [4.69, 9.17) is 9.47 Å². The smallest absolute Gasteiger partial charge is 0.221 e. The molecule has 0 amide bonds. The largest absolute Gasteiger partial charge is 0.483 e. The fraction of sp³-hybridized carbons (Fsp3) is 0.562. The van der Waals surface area contributed by atoms with Crippen molar-refractivity contribution in [3.05, 3.63) is 25.3 Å². The monoisotopic (exact) mass is 292 g/mol. The maximum absolute atomic E-state index is 12.4. The average molecular weight is 292 g/mol. The maximum atomic E-state index is 12.4. The van der Waals surface area contributed by atoms with E-state index < -0.39 is 5.54 Å². The van der Waals surface area contributed by atoms with Gasteiger partial charge in [0.2, 0.25) is 17.3 Å². The molecule has 1 rings (SSSR count). The van der Waals surface area contributed by atoms with Gasteiger partial charge in [0, 0.05) is 0 Å². The van der Waals surface area contributed by atoms with Crippen LogP contribution in [0, 0.1) is 5.92 Å². The minimum atomic E-state index is -1.19. The number of hydrogen-bond donors (Lipinski definition) is 0. The second-order valence-electron chi connectivity index (χ2n) is 5.24. The zero-order chi connectivity index (χ0) is 16.0. The lowest BCUT2D eigenvalue weighted by Crippen LogP contribution is -2.51. The molecule has 0 aliphatic carbocycles. The Labute approximate surface area is 126 Å². The highest BCUT2D eigenvalue weighted by molar-refractivity contribution is 6.18. The molecule has 0 spiro atoms. The zero-order valence-corrected chi connectivity index (χ0v) is 13.3. The summed E-state index contributed by atoms with van der Waals surface area (Å²) in [6.45, 7) is 11.3. The van der Waals surface area contributed by atoms with E-state index in [0.717, 1.165) is 0 Å². The van der Waals surface area contributed by atoms with Gasteiger partial charge in [-0.25, -0.2) is 9.98 Å². The van der Waals surface area contributed by atoms with E-state index in [1.165, 1.54) is 20.3 Å². The summed E-state index contributed by atoms with van der Waals surface area (Å²) in [5.74, 6) is 0.700. The number of allylic oxidation sites excluding steroid dienone is 1. The van der Waals surface area contributed by atoms with E-state index in [9.17, 15) is 4.79 Å². The Balaban J connectivity index is 3.41. The SMILES string of the molecule is C=CCC[C@]1(C(=O)C=C)N=C(OC)[C@@H](C(C)C)N=C1OC. The van der Waals surface area contributed by atoms with Gasteiger partial charge in [-0.1, -0.05) is 26.5 Å². The summed E-state index contributed by atoms with van der Waals surface area (Å²) >= 11 is 0. The van der Waals surface area contributed by atoms with Gasteiger partial charge < -0.3 is 9.47 Å². The van der Waals surface area contributed by atoms with Gasteiger partial charge >= 0.3 is 0 Å². The van der Waals surface area contributed by atoms with Crippen LogP contribution in [0.4, 0.5) is 0 Å². The van der Waals surface area contributed by atoms with Crippen LogP contribution in [0.25, 0.3) is 0 Å². The molecule has 0 aromatic heterocycles. The van der Waals surface area contributed by atoms with Crippen LogP contribution in [0.2, 0.25) is 0 Å². The first kappa shape index (κ1) is 17.1. The summed E-state index contributed by atoms with van der Waals surface area (Å²) < 4.78 is 10.7. The lowest BCUT2D eigenvalue weighted by molar-refractivity contribution is -0.117. The molecule has 116 valence electrons. The van der Waals surface area contributed by atoms with Crippen LogP contribution in [0.1, 0.15) is 26.7 Å². The van der Waals surface area contributed by atoms with Gasteiger partial charge in [-0.2, -0.15) is 0 Å². The lowest BCUT2D eigenvalue weighted by Gasteiger charge is -2.34. The molecule has 0 bridgehead atoms. The van der Waals surface area contributed by atoms with Crippen molar-refractivity contribution in [3.63, 3.8) is 0 Å². The molecule has 0 N–H and O–H groups in total. The second kappa shape index (κ2) is 7.20. The van der Waals surface area contributed by atoms with Crippen LogP contribution in [0.3, 0.4) is 0 Å². The predicted octanol–water partition coefficient (Wildman–Crippen LogP) is 2.57. The maximum Gasteiger partial charge on any atom is 0.221 e. The van der Waals surface area contributed by atoms with Gasteiger partial charge in [-0.05, 0) is 24.8 Å². The Morgan fingerprint density at radius 1 is 1.38 bits per heavy atom. The van der Waals surface area contributed by atoms with Gasteiger partial charge in [0.1, 0.15) is 6.04 Å². The first-order chi connectivity index (χ1) is 9.96. The molecular formula is C16H24N2O3. The van der Waals surface area contributed by atoms with Gasteiger partial charge in [0.05, 0.1) is 14.2 Å². The Kier molecular flexibility index (Phi) is 5.88. The minimum absolute atomic E-state index is 0.185. The van der Waals surface area contributed by atoms with Crippen molar-refractivity contribution in [1.29, 1.82) is 0 Å². The molecule has 0 aromatic rings. The number of methoxy groups -OCH3 is 2. The van der Waals surface area contributed by atoms with Gasteiger partial charge in [-0.15, -0.1) is 6.58 Å². The van der Waals surface area contributed by atoms with Crippen LogP contribution in [-0.4, -0.2) is 43.4 Å². The van der Waals surface area contributed by atoms with Gasteiger partial charge in [0.25, 0.3) is 0 Å². The Morgan fingerprint density at radius 2 is 2.05 bits per heavy atom. The molecular weight excluding hydrogens is 268 g/mol. The number of ether oxygens (including phenoxy) is 2. The Morgan fingerprint density at radius 3 is 2.48 bits per heavy atom. The lowest BCUT2D eigenvalue weighted by atomic mass is 9.86. The van der Waals surface area contributed by atoms with E-state index in [0.29, 0.717) is 24.6 Å². The Bertz CT molecular complexity index is 480. The molecule has 1 aliphatic heterocycles. The third-order valence-electron chi connectivity index (χ3n) is 3.50. The summed E-state index contributed by atoms with van der Waals surface area (Å²) in [4.78, 5) is 21.6. The van der Waals surface area contributed by atoms with E-state index in [1.807, 2.05) is 13.8 Å². The number of nitrogens with zero attached hydrogens (tertiary/aromatic N) is 2. The first-order valence-corrected chi connectivity index (χ1v) is 7.00. The number of aliphatic imine (C=N–C) groups is 2. The molecule has 1 aliphatic rings. The van der Waals surface area contributed by atoms with E-state index in [2.05, 4.69) is 23.1 Å². The first-order valence-electron chi connectivity index (χ1n) is 7.00. The van der Waals surface area contributed by atoms with Crippen molar-refractivity contribution in [3.8, 4) is 0 Å². The molecule has 1 heterocycles. The summed E-state index contributed by atoms with van der Waals surface area (Å²) in [6.07, 6.45) is 4.02. The van der Waals surface area contributed by atoms with Crippen LogP contribution < -0.4 is 0 Å². The highest BCUT2D eigenvalue weighted by Crippen LogP contribution is 2.30. The summed E-state index contributed by atoms with van der Waals surface area (Å²) in [5.41, 5.74) is -1.19. The summed E-state index contributed by atoms with van der Waals surface area (Å²) in [7, 11) is 3.04. The molecule has 0 radical (unpaired) electrons. The second-order valence-corrected chi connectivity index (χ2v) is 5.24. The zero-order valence-electron chi connectivity index (χ0n) is 13.3. The van der Waals surface area contributed by atoms with Crippen LogP contribution in [0.5, 0.6) is 0 Å². The number of carbonyl (C=O) groups excluding carboxylic acids is 1. The minimum Gasteiger partial charge on any atom is -0.483 e. The summed E-state index contributed by atoms with van der Waals surface area (Å²) in [6, 6.07) is -0.251. The van der Waals surface area contributed by atoms with Crippen molar-refractivity contribution in [2.75, 3.05) is 14.2 Å². The van der Waals surface area contributed by atoms with Crippen molar-refractivity contribution in [2.45, 2.75) is 38.3 Å². The van der Waals surface area contributed by atoms with Crippen LogP contribution in [0.15, 0.2) is 35.3 Å². The average Bonchev–Trinajstić information content (AvgIpc) is 2.50. The molecule has 0 unspecified atom stereocenters. The predicted molar refractivity (Wildman–Crippen MR) is 84.9 cm³/mol. The van der Waals surface area contributed by atoms with E-state index in [-0.39, 0.29) is 17.7 Å². The molecule has 5 heteroatoms. The normalized spacial score (nSPS) is 24.9. The molecule has 0 aromatic carbocycles. The highest BCUT2D eigenvalue weighted by Gasteiger charge is 2.47. The molecule has 0 saturated carbocycles. The molecule has 0 saturated heterocycles. The fourth-order valence-electron chi connectivity index (χ4n) is 2.34. The Hall–Kier alpha value is -1.91. The fourth-order valence-corrected chi connectivity index (χ4v) is 2.34. The van der Waals surface area contributed by atoms with Crippen LogP contribution >= 0.6 is 0 Å². The van der Waals surface area contributed by atoms with Crippen molar-refractivity contribution < 1.29 is 14.3 Å². The summed E-state index contributed by atoms with van der Waals surface area (Å²) in [5, 5.41) is 0. The third-order valence-corrected chi connectivity index (χ3v) is 3.50. The number of hydrogen-bond acceptors (Lipinski definition) is 5. The molecule has 2 atom stereocenters. The molecule has 0 fully saturated rings. The van der Waals surface area contributed by atoms with Crippen molar-refractivity contribution >= 4 is 17.6 Å². The molecule has 21 heavy (non-hydrogen) atoms. The van der Waals surface area contributed by atoms with Crippen molar-refractivity contribution in [1.82, 2.24) is 0 Å². The van der Waals surface area contributed by atoms with Gasteiger partial charge in [-0.3, -0.25) is 4.79 Å². The standard InChI is InChI=1S/C16H24N2O3/c1-7-9-10-16(12(19)8-2)15(21-6)17-13(11(3)4)14(18-16)20-5/h7-8,11,13H,1-2,9-10H2,3-6H3/t13-,16-/m1/s1. The number of rotatable bonds is 6. The van der Waals surface area contributed by atoms with Crippen LogP contribution in [-0.2, 0) is 14.3 Å². The highest BCUT2D eigenvalue weighted by atomic mass is 16.5. The quantitative estimate of drug-likeness (QED) is 0.558. The third kappa shape index (κ3) is 3.23. The topological polar surface area (TPSA) is 60.2 Å². The van der Waals surface area contributed by atoms with E-state index >= 15 is 0 Å². The van der Waals surface area contributed by atoms with E-state index in [1.54, 1.807) is 6.08 Å². The number of ketones is 1. The molecule has 5 nitrogen and oxygen atoms in total. The number of carbonyl (C=O) groups is 1. The van der Waals surface area contributed by atoms with Gasteiger partial charge in [0.15, 0.2) is 5.78 Å².